The van der Waals surface area contributed by atoms with Gasteiger partial charge in [-0.05, 0) is 56.6 Å². The van der Waals surface area contributed by atoms with Gasteiger partial charge in [-0.3, -0.25) is 0 Å². The molecule has 0 spiro atoms. The summed E-state index contributed by atoms with van der Waals surface area (Å²) in [5.74, 6) is 0. The zero-order valence-corrected chi connectivity index (χ0v) is 38.9. The molecular weight excluding hydrogens is 872 g/mol. The third-order valence-electron chi connectivity index (χ3n) is 13.8. The van der Waals surface area contributed by atoms with Crippen LogP contribution in [0.25, 0.3) is 99.8 Å². The Labute approximate surface area is 459 Å². The molecule has 7 aromatic carbocycles. The van der Waals surface area contributed by atoms with E-state index in [1.165, 1.54) is 6.33 Å². The van der Waals surface area contributed by atoms with Crippen LogP contribution in [0.1, 0.15) is 0 Å². The Hall–Kier alpha value is -5.22. The fourth-order valence-corrected chi connectivity index (χ4v) is 9.80. The van der Waals surface area contributed by atoms with Gasteiger partial charge in [0.1, 0.15) is 223 Å². The molecule has 10 rings (SSSR count). The molecule has 0 unspecified atom stereocenters. The van der Waals surface area contributed by atoms with Crippen molar-refractivity contribution in [3.8, 4) is 55.8 Å². The van der Waals surface area contributed by atoms with Crippen LogP contribution in [0.5, 0.6) is 0 Å². The lowest BCUT2D eigenvalue weighted by Crippen LogP contribution is -2.57. The van der Waals surface area contributed by atoms with Gasteiger partial charge in [0.25, 0.3) is 0 Å². The van der Waals surface area contributed by atoms with Gasteiger partial charge in [-0.25, -0.2) is 9.97 Å². The summed E-state index contributed by atoms with van der Waals surface area (Å²) in [5, 5.41) is 0.807. The van der Waals surface area contributed by atoms with Gasteiger partial charge in [-0.1, -0.05) is 93.5 Å². The molecular formula is C46H4B24N2O2. The van der Waals surface area contributed by atoms with E-state index in [0.29, 0.717) is 16.5 Å². The molecule has 0 amide bonds. The molecule has 3 heterocycles. The predicted octanol–water partition coefficient (Wildman–Crippen LogP) is -16.3. The highest BCUT2D eigenvalue weighted by Crippen LogP contribution is 2.35. The first kappa shape index (κ1) is 52.2. The van der Waals surface area contributed by atoms with E-state index >= 15 is 0 Å². The molecule has 10 aromatic rings. The van der Waals surface area contributed by atoms with Crippen LogP contribution in [0.15, 0.2) is 33.4 Å². The van der Waals surface area contributed by atoms with Crippen LogP contribution < -0.4 is 131 Å². The minimum Gasteiger partial charge on any atom is -0.456 e. The zero-order chi connectivity index (χ0) is 53.9. The van der Waals surface area contributed by atoms with Gasteiger partial charge in [-0.15, -0.1) is 43.7 Å². The summed E-state index contributed by atoms with van der Waals surface area (Å²) in [5.41, 5.74) is -0.0818. The molecule has 0 saturated heterocycles. The first-order valence-electron chi connectivity index (χ1n) is 21.7. The Balaban J connectivity index is 1.19. The van der Waals surface area contributed by atoms with E-state index in [1.807, 2.05) is 0 Å². The van der Waals surface area contributed by atoms with Crippen molar-refractivity contribution >= 4 is 363 Å². The molecule has 0 aliphatic carbocycles. The summed E-state index contributed by atoms with van der Waals surface area (Å²) >= 11 is 0. The maximum atomic E-state index is 7.13. The van der Waals surface area contributed by atoms with Crippen LogP contribution in [0.3, 0.4) is 0 Å². The second-order valence-corrected chi connectivity index (χ2v) is 17.7. The highest BCUT2D eigenvalue weighted by molar-refractivity contribution is 6.74. The highest BCUT2D eigenvalue weighted by Gasteiger charge is 2.29. The first-order valence-corrected chi connectivity index (χ1v) is 21.7. The number of aromatic nitrogens is 2. The molecule has 3 aromatic heterocycles. The van der Waals surface area contributed by atoms with Gasteiger partial charge >= 0.3 is 0 Å². The van der Waals surface area contributed by atoms with Gasteiger partial charge in [0.05, 0.1) is 0 Å². The van der Waals surface area contributed by atoms with E-state index in [0.717, 1.165) is 0 Å². The monoisotopic (exact) mass is 880 g/mol. The molecule has 48 radical (unpaired) electrons. The minimum absolute atomic E-state index is 0.00103. The van der Waals surface area contributed by atoms with Crippen molar-refractivity contribution in [2.45, 2.75) is 0 Å². The molecule has 282 valence electrons. The quantitative estimate of drug-likeness (QED) is 0.162. The van der Waals surface area contributed by atoms with Crippen LogP contribution in [-0.2, 0) is 0 Å². The normalized spacial score (nSPS) is 11.7. The Morgan fingerprint density at radius 2 is 0.622 bits per heavy atom. The van der Waals surface area contributed by atoms with Crippen molar-refractivity contribution in [2.75, 3.05) is 0 Å². The lowest BCUT2D eigenvalue weighted by Gasteiger charge is -2.29. The number of fused-ring (bicyclic) bond motifs is 6. The Bertz CT molecular complexity index is 4200. The van der Waals surface area contributed by atoms with Crippen molar-refractivity contribution in [3.63, 3.8) is 0 Å². The third-order valence-corrected chi connectivity index (χ3v) is 13.8. The molecule has 4 nitrogen and oxygen atoms in total. The maximum Gasteiger partial charge on any atom is 0.180 e. The van der Waals surface area contributed by atoms with Gasteiger partial charge in [0.2, 0.25) is 0 Å². The molecule has 0 aliphatic rings. The smallest absolute Gasteiger partial charge is 0.180 e. The molecule has 0 aliphatic heterocycles. The van der Waals surface area contributed by atoms with Crippen molar-refractivity contribution in [2.24, 2.45) is 0 Å². The summed E-state index contributed by atoms with van der Waals surface area (Å²) in [4.78, 5) is 9.14. The fourth-order valence-electron chi connectivity index (χ4n) is 9.80. The van der Waals surface area contributed by atoms with Crippen LogP contribution in [0.4, 0.5) is 0 Å². The number of hydrogen-bond donors (Lipinski definition) is 0. The number of hydrogen-bond acceptors (Lipinski definition) is 4. The van der Waals surface area contributed by atoms with E-state index in [1.54, 1.807) is 18.2 Å². The van der Waals surface area contributed by atoms with Crippen LogP contribution in [0, 0.1) is 0 Å². The Morgan fingerprint density at radius 1 is 0.270 bits per heavy atom. The number of rotatable bonds is 5. The lowest BCUT2D eigenvalue weighted by atomic mass is 9.56. The summed E-state index contributed by atoms with van der Waals surface area (Å²) in [6, 6.07) is 5.02. The average molecular weight is 876 g/mol. The highest BCUT2D eigenvalue weighted by atomic mass is 16.3. The van der Waals surface area contributed by atoms with E-state index < -0.39 is 0 Å². The third kappa shape index (κ3) is 7.10. The first-order chi connectivity index (χ1) is 34.8. The number of furan rings is 2. The van der Waals surface area contributed by atoms with Crippen molar-refractivity contribution in [1.82, 2.24) is 9.97 Å². The fraction of sp³-hybridized carbons (Fsp3) is 0. The molecule has 74 heavy (non-hydrogen) atoms. The molecule has 28 heteroatoms. The zero-order valence-electron chi connectivity index (χ0n) is 38.9. The average Bonchev–Trinajstić information content (AvgIpc) is 3.96. The number of benzene rings is 7. The summed E-state index contributed by atoms with van der Waals surface area (Å²) in [6.07, 6.45) is 1.26. The molecule has 0 saturated carbocycles. The number of nitrogens with zero attached hydrogens (tertiary/aromatic N) is 2. The van der Waals surface area contributed by atoms with Crippen molar-refractivity contribution in [1.29, 1.82) is 0 Å². The van der Waals surface area contributed by atoms with E-state index in [-0.39, 0.29) is 214 Å². The van der Waals surface area contributed by atoms with E-state index in [2.05, 4.69) is 9.97 Å². The van der Waals surface area contributed by atoms with Crippen LogP contribution in [-0.4, -0.2) is 198 Å². The van der Waals surface area contributed by atoms with Crippen molar-refractivity contribution in [3.05, 3.63) is 24.5 Å². The standard InChI is InChI=1S/C46H4B24N2O2/c47-18-9(24(53)33(62)28(57)13(18)14-29(58)35(64)30(59)15-16-31(60)38(67)40(69)41(70)45(16)74-44(14)15)10-19(48)17(32(61)34(63)25(10)54)43-46-42(71-4-72-43)6-3-5(1-2-7(6)73-46)8-20(49)22(51)11(23(52)21(8)50)12-26(55)36(65)39(68)37(66)27(12)56/h1-4H. The van der Waals surface area contributed by atoms with Gasteiger partial charge in [0, 0.05) is 21.7 Å². The van der Waals surface area contributed by atoms with E-state index in [9.17, 15) is 0 Å². The summed E-state index contributed by atoms with van der Waals surface area (Å²) < 4.78 is 12.8. The summed E-state index contributed by atoms with van der Waals surface area (Å²) in [6.45, 7) is 0. The van der Waals surface area contributed by atoms with Crippen LogP contribution >= 0.6 is 0 Å². The molecule has 0 atom stereocenters. The Kier molecular flexibility index (Phi) is 12.9. The van der Waals surface area contributed by atoms with Gasteiger partial charge < -0.3 is 8.83 Å². The second-order valence-electron chi connectivity index (χ2n) is 17.7. The summed E-state index contributed by atoms with van der Waals surface area (Å²) in [7, 11) is 158. The molecule has 0 N–H and O–H groups in total. The minimum atomic E-state index is -0.184. The maximum absolute atomic E-state index is 7.13. The largest absolute Gasteiger partial charge is 0.456 e. The second kappa shape index (κ2) is 18.2. The lowest BCUT2D eigenvalue weighted by molar-refractivity contribution is 0.667. The van der Waals surface area contributed by atoms with Gasteiger partial charge in [0.15, 0.2) is 5.58 Å². The van der Waals surface area contributed by atoms with E-state index in [4.69, 9.17) is 197 Å². The molecule has 0 bridgehead atoms. The molecule has 0 fully saturated rings. The van der Waals surface area contributed by atoms with Crippen LogP contribution in [0.2, 0.25) is 0 Å². The Morgan fingerprint density at radius 3 is 1.15 bits per heavy atom. The SMILES string of the molecule is [B]c1c([B])c([B])c(-c2c([B])c([B])c(-c3ccc4oc5c(-c6c([B])c([B])c([B])c(-c7c([B])c([B])c([B])c(-c8c([B])c([B])c([B])c9c8oc8c([B])c([B])c([B])c([B])c89)c7[B])c6[B])ncnc5c4c3)c([B])c2[B])c([B])c1[B]. The van der Waals surface area contributed by atoms with Crippen molar-refractivity contribution < 1.29 is 8.83 Å². The van der Waals surface area contributed by atoms with Gasteiger partial charge in [-0.2, -0.15) is 0 Å². The topological polar surface area (TPSA) is 52.1 Å². The predicted molar refractivity (Wildman–Crippen MR) is 333 cm³/mol.